The number of hydrogen-bond donors (Lipinski definition) is 2. The molecule has 2 N–H and O–H groups in total. The Hall–Kier alpha value is -2.22. The number of aliphatic hydroxyl groups excluding tert-OH is 2. The third kappa shape index (κ3) is 6.88. The molecule has 2 atom stereocenters. The summed E-state index contributed by atoms with van der Waals surface area (Å²) in [6, 6.07) is 13.8. The van der Waals surface area contributed by atoms with Crippen LogP contribution in [0.5, 0.6) is 11.5 Å². The number of thioether (sulfide) groups is 1. The second kappa shape index (κ2) is 12.9. The van der Waals surface area contributed by atoms with E-state index in [0.717, 1.165) is 41.0 Å². The lowest BCUT2D eigenvalue weighted by atomic mass is 9.92. The van der Waals surface area contributed by atoms with Crippen LogP contribution in [0.15, 0.2) is 42.5 Å². The average molecular weight is 475 g/mol. The van der Waals surface area contributed by atoms with E-state index in [0.29, 0.717) is 18.3 Å². The molecule has 1 saturated carbocycles. The van der Waals surface area contributed by atoms with Crippen molar-refractivity contribution in [3.8, 4) is 11.5 Å². The molecule has 1 fully saturated rings. The van der Waals surface area contributed by atoms with Crippen molar-refractivity contribution < 1.29 is 29.2 Å². The van der Waals surface area contributed by atoms with Gasteiger partial charge in [-0.3, -0.25) is 4.79 Å². The van der Waals surface area contributed by atoms with Gasteiger partial charge in [-0.1, -0.05) is 43.2 Å². The van der Waals surface area contributed by atoms with Gasteiger partial charge < -0.3 is 24.4 Å². The van der Waals surface area contributed by atoms with E-state index in [4.69, 9.17) is 14.2 Å². The van der Waals surface area contributed by atoms with Crippen LogP contribution in [0.3, 0.4) is 0 Å². The van der Waals surface area contributed by atoms with Crippen molar-refractivity contribution in [3.05, 3.63) is 59.2 Å². The second-order valence-electron chi connectivity index (χ2n) is 8.25. The van der Waals surface area contributed by atoms with E-state index in [1.807, 2.05) is 36.4 Å². The van der Waals surface area contributed by atoms with Gasteiger partial charge in [-0.2, -0.15) is 11.8 Å². The van der Waals surface area contributed by atoms with Crippen LogP contribution in [0.25, 0.3) is 0 Å². The van der Waals surface area contributed by atoms with Crippen LogP contribution < -0.4 is 9.47 Å². The van der Waals surface area contributed by atoms with Gasteiger partial charge >= 0.3 is 5.97 Å². The Morgan fingerprint density at radius 1 is 1.12 bits per heavy atom. The summed E-state index contributed by atoms with van der Waals surface area (Å²) >= 11 is 1.44. The van der Waals surface area contributed by atoms with Crippen LogP contribution in [0.2, 0.25) is 0 Å². The predicted octanol–water partition coefficient (Wildman–Crippen LogP) is 4.62. The molecule has 0 bridgehead atoms. The molecule has 2 aromatic rings. The Morgan fingerprint density at radius 3 is 2.48 bits per heavy atom. The number of rotatable bonds is 12. The van der Waals surface area contributed by atoms with Crippen LogP contribution in [-0.4, -0.2) is 48.9 Å². The highest BCUT2D eigenvalue weighted by atomic mass is 32.2. The SMILES string of the molecule is COC(=O)CCSC(c1cccc(C2CCCC2)c1OCc1ccc(OC)cc1)C(O)CO. The number of aliphatic hydroxyl groups is 2. The molecule has 2 unspecified atom stereocenters. The fourth-order valence-corrected chi connectivity index (χ4v) is 5.49. The Kier molecular flexibility index (Phi) is 9.91. The topological polar surface area (TPSA) is 85.2 Å². The smallest absolute Gasteiger partial charge is 0.306 e. The van der Waals surface area contributed by atoms with Gasteiger partial charge in [-0.25, -0.2) is 0 Å². The summed E-state index contributed by atoms with van der Waals surface area (Å²) < 4.78 is 16.4. The molecule has 6 nitrogen and oxygen atoms in total. The summed E-state index contributed by atoms with van der Waals surface area (Å²) in [5, 5.41) is 20.0. The first kappa shape index (κ1) is 25.4. The molecule has 3 rings (SSSR count). The molecule has 0 aliphatic heterocycles. The highest BCUT2D eigenvalue weighted by molar-refractivity contribution is 7.99. The Labute approximate surface area is 200 Å². The van der Waals surface area contributed by atoms with Crippen molar-refractivity contribution in [2.45, 2.75) is 56.0 Å². The van der Waals surface area contributed by atoms with Crippen molar-refractivity contribution >= 4 is 17.7 Å². The minimum atomic E-state index is -0.977. The Bertz CT molecular complexity index is 879. The molecule has 2 aromatic carbocycles. The monoisotopic (exact) mass is 474 g/mol. The normalized spacial score (nSPS) is 15.8. The number of para-hydroxylation sites is 1. The van der Waals surface area contributed by atoms with Crippen LogP contribution in [0.4, 0.5) is 0 Å². The first-order valence-corrected chi connectivity index (χ1v) is 12.5. The number of carbonyl (C=O) groups is 1. The molecule has 1 aliphatic carbocycles. The lowest BCUT2D eigenvalue weighted by molar-refractivity contribution is -0.140. The molecule has 0 radical (unpaired) electrons. The van der Waals surface area contributed by atoms with Crippen LogP contribution in [0.1, 0.15) is 60.0 Å². The van der Waals surface area contributed by atoms with Gasteiger partial charge in [0.15, 0.2) is 0 Å². The predicted molar refractivity (Wildman–Crippen MR) is 130 cm³/mol. The van der Waals surface area contributed by atoms with E-state index < -0.39 is 11.4 Å². The van der Waals surface area contributed by atoms with Gasteiger partial charge in [0, 0.05) is 11.3 Å². The molecular formula is C26H34O6S. The maximum Gasteiger partial charge on any atom is 0.306 e. The second-order valence-corrected chi connectivity index (χ2v) is 9.50. The maximum absolute atomic E-state index is 11.6. The highest BCUT2D eigenvalue weighted by Gasteiger charge is 2.29. The number of ether oxygens (including phenoxy) is 3. The fraction of sp³-hybridized carbons (Fsp3) is 0.500. The Morgan fingerprint density at radius 2 is 1.85 bits per heavy atom. The fourth-order valence-electron chi connectivity index (χ4n) is 4.27. The van der Waals surface area contributed by atoms with Crippen molar-refractivity contribution in [3.63, 3.8) is 0 Å². The maximum atomic E-state index is 11.6. The van der Waals surface area contributed by atoms with Gasteiger partial charge in [0.1, 0.15) is 18.1 Å². The largest absolute Gasteiger partial charge is 0.497 e. The van der Waals surface area contributed by atoms with Crippen molar-refractivity contribution in [2.75, 3.05) is 26.6 Å². The lowest BCUT2D eigenvalue weighted by Gasteiger charge is -2.27. The highest BCUT2D eigenvalue weighted by Crippen LogP contribution is 2.45. The standard InChI is InChI=1S/C26H34O6S/c1-30-20-12-10-18(11-13-20)17-32-25-21(19-6-3-4-7-19)8-5-9-22(25)26(23(28)16-27)33-15-14-24(29)31-2/h5,8-13,19,23,26-28H,3-4,6-7,14-17H2,1-2H3. The van der Waals surface area contributed by atoms with E-state index in [1.54, 1.807) is 7.11 Å². The van der Waals surface area contributed by atoms with E-state index in [1.165, 1.54) is 31.7 Å². The zero-order chi connectivity index (χ0) is 23.6. The molecule has 0 aromatic heterocycles. The number of esters is 1. The van der Waals surface area contributed by atoms with Crippen LogP contribution in [0, 0.1) is 0 Å². The molecule has 1 aliphatic rings. The van der Waals surface area contributed by atoms with Gasteiger partial charge in [0.2, 0.25) is 0 Å². The minimum absolute atomic E-state index is 0.236. The first-order chi connectivity index (χ1) is 16.1. The molecule has 0 spiro atoms. The van der Waals surface area contributed by atoms with E-state index in [-0.39, 0.29) is 19.0 Å². The minimum Gasteiger partial charge on any atom is -0.497 e. The van der Waals surface area contributed by atoms with E-state index in [2.05, 4.69) is 6.07 Å². The summed E-state index contributed by atoms with van der Waals surface area (Å²) in [5.74, 6) is 2.17. The molecule has 180 valence electrons. The van der Waals surface area contributed by atoms with Gasteiger partial charge in [-0.05, 0) is 42.0 Å². The van der Waals surface area contributed by atoms with Crippen LogP contribution >= 0.6 is 11.8 Å². The summed E-state index contributed by atoms with van der Waals surface area (Å²) in [5.41, 5.74) is 3.02. The number of hydrogen-bond acceptors (Lipinski definition) is 7. The Balaban J connectivity index is 1.89. The lowest BCUT2D eigenvalue weighted by Crippen LogP contribution is -2.22. The van der Waals surface area contributed by atoms with Crippen LogP contribution in [-0.2, 0) is 16.1 Å². The molecule has 33 heavy (non-hydrogen) atoms. The summed E-state index contributed by atoms with van der Waals surface area (Å²) in [7, 11) is 3.00. The molecule has 0 heterocycles. The first-order valence-electron chi connectivity index (χ1n) is 11.4. The van der Waals surface area contributed by atoms with E-state index >= 15 is 0 Å². The zero-order valence-electron chi connectivity index (χ0n) is 19.4. The number of carbonyl (C=O) groups excluding carboxylic acids is 1. The summed E-state index contributed by atoms with van der Waals surface area (Å²) in [6.45, 7) is 0.0109. The average Bonchev–Trinajstić information content (AvgIpc) is 3.40. The number of methoxy groups -OCH3 is 2. The summed E-state index contributed by atoms with van der Waals surface area (Å²) in [6.07, 6.45) is 3.89. The number of benzene rings is 2. The zero-order valence-corrected chi connectivity index (χ0v) is 20.2. The van der Waals surface area contributed by atoms with E-state index in [9.17, 15) is 15.0 Å². The quantitative estimate of drug-likeness (QED) is 0.434. The molecule has 0 saturated heterocycles. The van der Waals surface area contributed by atoms with Crippen molar-refractivity contribution in [1.82, 2.24) is 0 Å². The molecular weight excluding hydrogens is 440 g/mol. The van der Waals surface area contributed by atoms with Gasteiger partial charge in [0.05, 0.1) is 38.6 Å². The van der Waals surface area contributed by atoms with Crippen molar-refractivity contribution in [2.24, 2.45) is 0 Å². The molecule has 0 amide bonds. The summed E-state index contributed by atoms with van der Waals surface area (Å²) in [4.78, 5) is 11.6. The van der Waals surface area contributed by atoms with Gasteiger partial charge in [-0.15, -0.1) is 0 Å². The molecule has 7 heteroatoms. The van der Waals surface area contributed by atoms with Crippen molar-refractivity contribution in [1.29, 1.82) is 0 Å². The third-order valence-corrected chi connectivity index (χ3v) is 7.45. The third-order valence-electron chi connectivity index (χ3n) is 6.09. The van der Waals surface area contributed by atoms with Gasteiger partial charge in [0.25, 0.3) is 0 Å².